The van der Waals surface area contributed by atoms with E-state index in [0.717, 1.165) is 27.8 Å². The van der Waals surface area contributed by atoms with Crippen LogP contribution in [-0.4, -0.2) is 10.8 Å². The summed E-state index contributed by atoms with van der Waals surface area (Å²) in [6, 6.07) is 19.6. The first-order valence-electron chi connectivity index (χ1n) is 11.8. The second-order valence-electron chi connectivity index (χ2n) is 9.75. The molecular formula is C30H29NO3. The average Bonchev–Trinajstić information content (AvgIpc) is 3.08. The van der Waals surface area contributed by atoms with Gasteiger partial charge in [-0.1, -0.05) is 67.9 Å². The number of benzene rings is 3. The van der Waals surface area contributed by atoms with Gasteiger partial charge in [-0.2, -0.15) is 0 Å². The van der Waals surface area contributed by atoms with Gasteiger partial charge in [-0.05, 0) is 66.6 Å². The standard InChI is InChI=1S/C30H29NO3/c1-17(2)22-10-12-23(13-11-22)27-26-28(32)24-14-19(4)20(5)15-25(24)34-29(26)30(33)31(27)16-21-8-6-18(3)7-9-21/h6-15,17,27H,16H2,1-5H3. The van der Waals surface area contributed by atoms with Gasteiger partial charge in [0.2, 0.25) is 5.76 Å². The second-order valence-corrected chi connectivity index (χ2v) is 9.75. The molecule has 0 fully saturated rings. The van der Waals surface area contributed by atoms with Crippen molar-refractivity contribution in [2.45, 2.75) is 53.1 Å². The lowest BCUT2D eigenvalue weighted by Crippen LogP contribution is -2.29. The molecule has 2 heterocycles. The number of fused-ring (bicyclic) bond motifs is 2. The molecule has 4 aromatic rings. The van der Waals surface area contributed by atoms with Gasteiger partial charge in [0.15, 0.2) is 5.43 Å². The van der Waals surface area contributed by atoms with Gasteiger partial charge < -0.3 is 9.32 Å². The molecule has 4 heteroatoms. The van der Waals surface area contributed by atoms with Crippen molar-refractivity contribution in [2.75, 3.05) is 0 Å². The van der Waals surface area contributed by atoms with Gasteiger partial charge in [-0.3, -0.25) is 9.59 Å². The number of carbonyl (C=O) groups is 1. The molecule has 0 aliphatic carbocycles. The van der Waals surface area contributed by atoms with Crippen LogP contribution in [0.1, 0.15) is 75.3 Å². The number of carbonyl (C=O) groups excluding carboxylic acids is 1. The third-order valence-corrected chi connectivity index (χ3v) is 6.97. The zero-order valence-electron chi connectivity index (χ0n) is 20.3. The van der Waals surface area contributed by atoms with E-state index in [2.05, 4.69) is 26.0 Å². The number of hydrogen-bond acceptors (Lipinski definition) is 3. The molecule has 1 aliphatic heterocycles. The Morgan fingerprint density at radius 1 is 0.882 bits per heavy atom. The maximum atomic E-state index is 13.8. The van der Waals surface area contributed by atoms with Crippen molar-refractivity contribution in [3.05, 3.63) is 116 Å². The average molecular weight is 452 g/mol. The molecule has 1 atom stereocenters. The fourth-order valence-electron chi connectivity index (χ4n) is 4.74. The third-order valence-electron chi connectivity index (χ3n) is 6.97. The Balaban J connectivity index is 1.71. The van der Waals surface area contributed by atoms with Crippen molar-refractivity contribution in [1.82, 2.24) is 4.90 Å². The molecule has 1 unspecified atom stereocenters. The zero-order valence-corrected chi connectivity index (χ0v) is 20.3. The summed E-state index contributed by atoms with van der Waals surface area (Å²) in [6.07, 6.45) is 0. The summed E-state index contributed by atoms with van der Waals surface area (Å²) >= 11 is 0. The lowest BCUT2D eigenvalue weighted by molar-refractivity contribution is 0.0714. The summed E-state index contributed by atoms with van der Waals surface area (Å²) in [4.78, 5) is 29.2. The highest BCUT2D eigenvalue weighted by atomic mass is 16.3. The van der Waals surface area contributed by atoms with Crippen molar-refractivity contribution in [2.24, 2.45) is 0 Å². The van der Waals surface area contributed by atoms with Crippen molar-refractivity contribution < 1.29 is 9.21 Å². The molecule has 172 valence electrons. The number of rotatable bonds is 4. The molecule has 3 aromatic carbocycles. The van der Waals surface area contributed by atoms with Gasteiger partial charge in [-0.25, -0.2) is 0 Å². The van der Waals surface area contributed by atoms with E-state index in [9.17, 15) is 9.59 Å². The highest BCUT2D eigenvalue weighted by Gasteiger charge is 2.42. The first-order chi connectivity index (χ1) is 16.2. The van der Waals surface area contributed by atoms with Crippen molar-refractivity contribution in [3.63, 3.8) is 0 Å². The molecule has 0 saturated heterocycles. The summed E-state index contributed by atoms with van der Waals surface area (Å²) < 4.78 is 6.14. The molecule has 0 bridgehead atoms. The maximum absolute atomic E-state index is 13.8. The largest absolute Gasteiger partial charge is 0.450 e. The van der Waals surface area contributed by atoms with Crippen molar-refractivity contribution in [3.8, 4) is 0 Å². The molecule has 1 aromatic heterocycles. The summed E-state index contributed by atoms with van der Waals surface area (Å²) in [5, 5.41) is 0.524. The normalized spacial score (nSPS) is 15.4. The minimum atomic E-state index is -0.493. The molecule has 0 spiro atoms. The van der Waals surface area contributed by atoms with Gasteiger partial charge in [-0.15, -0.1) is 0 Å². The smallest absolute Gasteiger partial charge is 0.291 e. The lowest BCUT2D eigenvalue weighted by Gasteiger charge is -2.25. The van der Waals surface area contributed by atoms with E-state index in [0.29, 0.717) is 29.0 Å². The fraction of sp³-hybridized carbons (Fsp3) is 0.267. The van der Waals surface area contributed by atoms with Gasteiger partial charge in [0.05, 0.1) is 17.0 Å². The third kappa shape index (κ3) is 3.63. The molecule has 5 rings (SSSR count). The lowest BCUT2D eigenvalue weighted by atomic mass is 9.94. The van der Waals surface area contributed by atoms with E-state index in [1.807, 2.05) is 69.3 Å². The highest BCUT2D eigenvalue weighted by molar-refractivity contribution is 5.99. The van der Waals surface area contributed by atoms with Crippen LogP contribution in [0.15, 0.2) is 69.9 Å². The molecule has 1 aliphatic rings. The molecule has 0 saturated carbocycles. The molecule has 0 N–H and O–H groups in total. The number of amides is 1. The monoisotopic (exact) mass is 451 g/mol. The topological polar surface area (TPSA) is 50.5 Å². The number of aryl methyl sites for hydroxylation is 3. The number of hydrogen-bond donors (Lipinski definition) is 0. The van der Waals surface area contributed by atoms with E-state index in [1.165, 1.54) is 5.56 Å². The van der Waals surface area contributed by atoms with Crippen LogP contribution >= 0.6 is 0 Å². The van der Waals surface area contributed by atoms with Crippen LogP contribution in [0.3, 0.4) is 0 Å². The summed E-state index contributed by atoms with van der Waals surface area (Å²) in [7, 11) is 0. The zero-order chi connectivity index (χ0) is 24.1. The van der Waals surface area contributed by atoms with Crippen LogP contribution in [0.5, 0.6) is 0 Å². The van der Waals surface area contributed by atoms with Crippen LogP contribution in [0.2, 0.25) is 0 Å². The van der Waals surface area contributed by atoms with Crippen LogP contribution < -0.4 is 5.43 Å². The van der Waals surface area contributed by atoms with Gasteiger partial charge in [0.1, 0.15) is 5.58 Å². The minimum absolute atomic E-state index is 0.128. The van der Waals surface area contributed by atoms with Crippen molar-refractivity contribution >= 4 is 16.9 Å². The highest BCUT2D eigenvalue weighted by Crippen LogP contribution is 2.39. The Morgan fingerprint density at radius 3 is 2.18 bits per heavy atom. The Kier molecular flexibility index (Phi) is 5.40. The summed E-state index contributed by atoms with van der Waals surface area (Å²) in [5.41, 5.74) is 7.13. The second kappa shape index (κ2) is 8.28. The Hall–Kier alpha value is -3.66. The van der Waals surface area contributed by atoms with Gasteiger partial charge in [0, 0.05) is 6.54 Å². The quantitative estimate of drug-likeness (QED) is 0.352. The van der Waals surface area contributed by atoms with E-state index < -0.39 is 6.04 Å². The van der Waals surface area contributed by atoms with Crippen LogP contribution in [-0.2, 0) is 6.54 Å². The van der Waals surface area contributed by atoms with Gasteiger partial charge in [0.25, 0.3) is 5.91 Å². The first kappa shape index (κ1) is 22.1. The Bertz CT molecular complexity index is 1460. The van der Waals surface area contributed by atoms with E-state index in [-0.39, 0.29) is 17.1 Å². The maximum Gasteiger partial charge on any atom is 0.291 e. The minimum Gasteiger partial charge on any atom is -0.450 e. The van der Waals surface area contributed by atoms with Crippen LogP contribution in [0.25, 0.3) is 11.0 Å². The predicted molar refractivity (Wildman–Crippen MR) is 135 cm³/mol. The summed E-state index contributed by atoms with van der Waals surface area (Å²) in [5.74, 6) is 0.312. The van der Waals surface area contributed by atoms with Crippen molar-refractivity contribution in [1.29, 1.82) is 0 Å². The summed E-state index contributed by atoms with van der Waals surface area (Å²) in [6.45, 7) is 10.7. The molecule has 1 amide bonds. The molecule has 4 nitrogen and oxygen atoms in total. The van der Waals surface area contributed by atoms with E-state index in [1.54, 1.807) is 4.90 Å². The van der Waals surface area contributed by atoms with Crippen LogP contribution in [0, 0.1) is 20.8 Å². The van der Waals surface area contributed by atoms with E-state index >= 15 is 0 Å². The molecule has 0 radical (unpaired) electrons. The predicted octanol–water partition coefficient (Wildman–Crippen LogP) is 6.59. The van der Waals surface area contributed by atoms with Crippen LogP contribution in [0.4, 0.5) is 0 Å². The fourth-order valence-corrected chi connectivity index (χ4v) is 4.74. The SMILES string of the molecule is Cc1ccc(CN2C(=O)c3oc4cc(C)c(C)cc4c(=O)c3C2c2ccc(C(C)C)cc2)cc1. The first-order valence-corrected chi connectivity index (χ1v) is 11.8. The Labute approximate surface area is 199 Å². The Morgan fingerprint density at radius 2 is 1.53 bits per heavy atom. The molecular weight excluding hydrogens is 422 g/mol. The van der Waals surface area contributed by atoms with E-state index in [4.69, 9.17) is 4.42 Å². The van der Waals surface area contributed by atoms with Gasteiger partial charge >= 0.3 is 0 Å². The molecule has 34 heavy (non-hydrogen) atoms. The number of nitrogens with zero attached hydrogens (tertiary/aromatic N) is 1.